The molecule has 1 amide bonds. The van der Waals surface area contributed by atoms with Crippen LogP contribution in [0.5, 0.6) is 11.6 Å². The Morgan fingerprint density at radius 2 is 1.98 bits per heavy atom. The highest BCUT2D eigenvalue weighted by atomic mass is 16.5. The quantitative estimate of drug-likeness (QED) is 0.247. The molecule has 44 heavy (non-hydrogen) atoms. The number of aromatic nitrogens is 2. The molecule has 2 aromatic carbocycles. The number of anilines is 1. The Bertz CT molecular complexity index is 1670. The topological polar surface area (TPSA) is 99.1 Å². The maximum Gasteiger partial charge on any atom is 0.308 e. The van der Waals surface area contributed by atoms with Crippen molar-refractivity contribution in [3.63, 3.8) is 0 Å². The van der Waals surface area contributed by atoms with E-state index in [2.05, 4.69) is 17.9 Å². The van der Waals surface area contributed by atoms with Gasteiger partial charge in [0, 0.05) is 61.1 Å². The van der Waals surface area contributed by atoms with E-state index in [1.54, 1.807) is 4.57 Å². The molecular formula is C35H41N4O5+. The van der Waals surface area contributed by atoms with Gasteiger partial charge < -0.3 is 24.4 Å². The summed E-state index contributed by atoms with van der Waals surface area (Å²) in [7, 11) is 1.94. The zero-order valence-electron chi connectivity index (χ0n) is 25.4. The van der Waals surface area contributed by atoms with Crippen LogP contribution in [-0.2, 0) is 29.6 Å². The highest BCUT2D eigenvalue weighted by Crippen LogP contribution is 2.41. The van der Waals surface area contributed by atoms with E-state index in [0.29, 0.717) is 32.7 Å². The summed E-state index contributed by atoms with van der Waals surface area (Å²) >= 11 is 0. The molecule has 9 heteroatoms. The first-order valence-electron chi connectivity index (χ1n) is 15.6. The molecule has 4 aromatic rings. The van der Waals surface area contributed by atoms with Crippen molar-refractivity contribution in [2.75, 3.05) is 31.1 Å². The Morgan fingerprint density at radius 1 is 1.14 bits per heavy atom. The molecule has 230 valence electrons. The fourth-order valence-corrected chi connectivity index (χ4v) is 6.97. The fourth-order valence-electron chi connectivity index (χ4n) is 6.97. The largest absolute Gasteiger partial charge is 0.494 e. The van der Waals surface area contributed by atoms with E-state index in [9.17, 15) is 19.8 Å². The lowest BCUT2D eigenvalue weighted by Gasteiger charge is -2.29. The molecule has 6 rings (SSSR count). The average Bonchev–Trinajstić information content (AvgIpc) is 3.71. The van der Waals surface area contributed by atoms with Gasteiger partial charge in [-0.3, -0.25) is 14.5 Å². The lowest BCUT2D eigenvalue weighted by atomic mass is 9.83. The number of hydrogen-bond acceptors (Lipinski definition) is 5. The van der Waals surface area contributed by atoms with Gasteiger partial charge in [-0.05, 0) is 42.2 Å². The Labute approximate surface area is 257 Å². The van der Waals surface area contributed by atoms with E-state index in [-0.39, 0.29) is 24.2 Å². The molecule has 2 aliphatic rings. The van der Waals surface area contributed by atoms with Crippen molar-refractivity contribution in [2.45, 2.75) is 51.1 Å². The summed E-state index contributed by atoms with van der Waals surface area (Å²) in [5.41, 5.74) is 2.90. The minimum Gasteiger partial charge on any atom is -0.494 e. The number of carbonyl (C=O) groups is 2. The molecule has 0 spiro atoms. The average molecular weight is 598 g/mol. The van der Waals surface area contributed by atoms with Crippen molar-refractivity contribution in [1.82, 2.24) is 9.47 Å². The van der Waals surface area contributed by atoms with Gasteiger partial charge in [0.25, 0.3) is 0 Å². The molecule has 1 fully saturated rings. The van der Waals surface area contributed by atoms with Crippen LogP contribution in [0.4, 0.5) is 5.69 Å². The standard InChI is InChI=1S/C35H40N4O5/c1-3-4-16-39(27-9-7-15-36(2)21-27)32(40)23-38-22-29(24-11-12-31-25(19-24)14-18-44-31)33(35(42)43)30(38)13-17-37-20-26-8-5-6-10-28(26)34(37)41/h5-12,15,19-21,29-30,33H,3-4,13-14,16-18,22-23H2,1-2H3,(H-,41,42,43)/p+1/t29-,30+,33-/m1/s1. The maximum absolute atomic E-state index is 14.0. The third-order valence-corrected chi connectivity index (χ3v) is 9.22. The normalized spacial score (nSPS) is 19.6. The predicted octanol–water partition coefficient (Wildman–Crippen LogP) is 4.50. The molecule has 2 N–H and O–H groups in total. The highest BCUT2D eigenvalue weighted by Gasteiger charge is 2.47. The molecule has 2 aliphatic heterocycles. The van der Waals surface area contributed by atoms with Crippen molar-refractivity contribution in [3.05, 3.63) is 84.3 Å². The summed E-state index contributed by atoms with van der Waals surface area (Å²) in [4.78, 5) is 31.0. The molecule has 9 nitrogen and oxygen atoms in total. The number of carboxylic acid groups (broad SMARTS) is 1. The SMILES string of the molecule is CCCCN(C(=O)CN1C[C@H](c2ccc3c(c2)CCO3)[C@@H](C(=O)O)[C@@H]1CCn1cc2ccccc2c1O)c1ccc[n+](C)c1. The second-order valence-electron chi connectivity index (χ2n) is 12.1. The summed E-state index contributed by atoms with van der Waals surface area (Å²) in [5.74, 6) is -0.880. The van der Waals surface area contributed by atoms with Gasteiger partial charge in [-0.1, -0.05) is 43.7 Å². The van der Waals surface area contributed by atoms with Crippen LogP contribution >= 0.6 is 0 Å². The number of aromatic hydroxyl groups is 1. The number of hydrogen-bond donors (Lipinski definition) is 2. The van der Waals surface area contributed by atoms with E-state index >= 15 is 0 Å². The summed E-state index contributed by atoms with van der Waals surface area (Å²) in [5, 5.41) is 23.3. The molecule has 4 heterocycles. The maximum atomic E-state index is 14.0. The van der Waals surface area contributed by atoms with Gasteiger partial charge in [0.2, 0.25) is 5.91 Å². The van der Waals surface area contributed by atoms with Crippen LogP contribution in [0.3, 0.4) is 0 Å². The van der Waals surface area contributed by atoms with Crippen LogP contribution in [0.1, 0.15) is 43.2 Å². The number of aliphatic carboxylic acids is 1. The summed E-state index contributed by atoms with van der Waals surface area (Å²) in [6.45, 7) is 4.33. The number of pyridine rings is 1. The van der Waals surface area contributed by atoms with Crippen LogP contribution in [0.25, 0.3) is 10.8 Å². The first kappa shape index (κ1) is 29.7. The number of nitrogens with zero attached hydrogens (tertiary/aromatic N) is 4. The van der Waals surface area contributed by atoms with Gasteiger partial charge in [0.05, 0.1) is 19.1 Å². The lowest BCUT2D eigenvalue weighted by Crippen LogP contribution is -2.45. The van der Waals surface area contributed by atoms with Crippen molar-refractivity contribution in [1.29, 1.82) is 0 Å². The Hall–Kier alpha value is -4.37. The van der Waals surface area contributed by atoms with E-state index < -0.39 is 17.9 Å². The molecule has 0 aliphatic carbocycles. The number of ether oxygens (including phenoxy) is 1. The zero-order chi connectivity index (χ0) is 30.8. The Balaban J connectivity index is 1.32. The third-order valence-electron chi connectivity index (χ3n) is 9.22. The number of amides is 1. The van der Waals surface area contributed by atoms with Crippen LogP contribution in [0.15, 0.2) is 73.2 Å². The summed E-state index contributed by atoms with van der Waals surface area (Å²) < 4.78 is 9.44. The van der Waals surface area contributed by atoms with Gasteiger partial charge in [-0.25, -0.2) is 4.57 Å². The van der Waals surface area contributed by atoms with E-state index in [4.69, 9.17) is 4.74 Å². The molecule has 0 bridgehead atoms. The molecule has 0 saturated carbocycles. The number of unbranched alkanes of at least 4 members (excludes halogenated alkanes) is 1. The third kappa shape index (κ3) is 5.88. The van der Waals surface area contributed by atoms with Crippen LogP contribution in [0.2, 0.25) is 0 Å². The van der Waals surface area contributed by atoms with Crippen molar-refractivity contribution in [2.24, 2.45) is 13.0 Å². The number of carboxylic acids is 1. The highest BCUT2D eigenvalue weighted by molar-refractivity contribution is 5.94. The predicted molar refractivity (Wildman–Crippen MR) is 168 cm³/mol. The molecular weight excluding hydrogens is 556 g/mol. The Kier molecular flexibility index (Phi) is 8.57. The minimum atomic E-state index is -0.869. The molecule has 0 unspecified atom stereocenters. The van der Waals surface area contributed by atoms with Gasteiger partial charge in [0.15, 0.2) is 18.3 Å². The zero-order valence-corrected chi connectivity index (χ0v) is 25.4. The minimum absolute atomic E-state index is 0.0451. The van der Waals surface area contributed by atoms with Gasteiger partial charge in [-0.2, -0.15) is 0 Å². The van der Waals surface area contributed by atoms with E-state index in [1.807, 2.05) is 83.6 Å². The summed E-state index contributed by atoms with van der Waals surface area (Å²) in [6, 6.07) is 17.1. The van der Waals surface area contributed by atoms with E-state index in [0.717, 1.165) is 52.6 Å². The van der Waals surface area contributed by atoms with Gasteiger partial charge in [0.1, 0.15) is 18.5 Å². The van der Waals surface area contributed by atoms with Crippen molar-refractivity contribution in [3.8, 4) is 11.6 Å². The van der Waals surface area contributed by atoms with Crippen LogP contribution < -0.4 is 14.2 Å². The lowest BCUT2D eigenvalue weighted by molar-refractivity contribution is -0.670. The second-order valence-corrected chi connectivity index (χ2v) is 12.1. The van der Waals surface area contributed by atoms with E-state index in [1.165, 1.54) is 0 Å². The number of rotatable bonds is 11. The van der Waals surface area contributed by atoms with Crippen molar-refractivity contribution < 1.29 is 29.1 Å². The molecule has 2 aromatic heterocycles. The number of carbonyl (C=O) groups excluding carboxylic acids is 1. The smallest absolute Gasteiger partial charge is 0.308 e. The second kappa shape index (κ2) is 12.7. The van der Waals surface area contributed by atoms with Crippen LogP contribution in [-0.4, -0.2) is 63.8 Å². The summed E-state index contributed by atoms with van der Waals surface area (Å²) in [6.07, 6.45) is 8.89. The Morgan fingerprint density at radius 3 is 2.75 bits per heavy atom. The first-order chi connectivity index (χ1) is 21.3. The van der Waals surface area contributed by atoms with Gasteiger partial charge >= 0.3 is 5.97 Å². The molecule has 1 saturated heterocycles. The number of aryl methyl sites for hydroxylation is 2. The number of fused-ring (bicyclic) bond motifs is 2. The fraction of sp³-hybridized carbons (Fsp3) is 0.400. The van der Waals surface area contributed by atoms with Gasteiger partial charge in [-0.15, -0.1) is 0 Å². The number of benzene rings is 2. The number of likely N-dealkylation sites (tertiary alicyclic amines) is 1. The van der Waals surface area contributed by atoms with Crippen LogP contribution in [0, 0.1) is 5.92 Å². The van der Waals surface area contributed by atoms with Crippen molar-refractivity contribution >= 4 is 28.3 Å². The molecule has 3 atom stereocenters. The molecule has 0 radical (unpaired) electrons. The monoisotopic (exact) mass is 597 g/mol. The first-order valence-corrected chi connectivity index (χ1v) is 15.6.